The van der Waals surface area contributed by atoms with Crippen molar-refractivity contribution in [2.75, 3.05) is 39.3 Å². The number of hydrogen-bond acceptors (Lipinski definition) is 8. The molecule has 2 aromatic carbocycles. The van der Waals surface area contributed by atoms with Gasteiger partial charge in [0.05, 0.1) is 9.81 Å². The number of benzene rings is 2. The summed E-state index contributed by atoms with van der Waals surface area (Å²) >= 11 is 13.2. The van der Waals surface area contributed by atoms with E-state index in [-0.39, 0.29) is 23.6 Å². The molecule has 0 spiro atoms. The number of hydrogen-bond donors (Lipinski definition) is 0. The molecule has 0 saturated carbocycles. The molecule has 4 fully saturated rings. The standard InChI is InChI=1S/C34H36N4O4S4/c39-27(35-19-15-25(21-35)23-9-3-1-4-10-23)13-7-17-37-31(41)29(45-33(37)43)30-32(42)38(34(44)46-30)18-8-14-28(40)36-20-16-26(22-36)24-11-5-2-6-12-24/h1-6,9-12,25-26H,7-8,13-22H2/b30-29+/t25-,26-/m1/s1. The Bertz CT molecular complexity index is 1450. The van der Waals surface area contributed by atoms with Crippen LogP contribution in [0.15, 0.2) is 70.5 Å². The maximum Gasteiger partial charge on any atom is 0.267 e. The third-order valence-electron chi connectivity index (χ3n) is 9.07. The minimum atomic E-state index is -0.314. The summed E-state index contributed by atoms with van der Waals surface area (Å²) in [6.07, 6.45) is 3.55. The van der Waals surface area contributed by atoms with Gasteiger partial charge in [-0.25, -0.2) is 0 Å². The minimum absolute atomic E-state index is 0.0870. The number of carbonyl (C=O) groups is 4. The average molecular weight is 693 g/mol. The van der Waals surface area contributed by atoms with E-state index in [1.54, 1.807) is 0 Å². The molecular weight excluding hydrogens is 657 g/mol. The van der Waals surface area contributed by atoms with Crippen molar-refractivity contribution >= 4 is 80.2 Å². The summed E-state index contributed by atoms with van der Waals surface area (Å²) in [6.45, 7) is 3.55. The van der Waals surface area contributed by atoms with Crippen molar-refractivity contribution < 1.29 is 19.2 Å². The van der Waals surface area contributed by atoms with Gasteiger partial charge in [0.2, 0.25) is 11.8 Å². The summed E-state index contributed by atoms with van der Waals surface area (Å²) in [7, 11) is 0. The Morgan fingerprint density at radius 3 is 1.43 bits per heavy atom. The van der Waals surface area contributed by atoms with E-state index in [1.807, 2.05) is 46.2 Å². The minimum Gasteiger partial charge on any atom is -0.342 e. The Morgan fingerprint density at radius 1 is 0.652 bits per heavy atom. The lowest BCUT2D eigenvalue weighted by molar-refractivity contribution is -0.131. The largest absolute Gasteiger partial charge is 0.342 e. The molecule has 0 radical (unpaired) electrons. The van der Waals surface area contributed by atoms with Crippen LogP contribution in [0.2, 0.25) is 0 Å². The molecule has 12 heteroatoms. The first-order valence-electron chi connectivity index (χ1n) is 15.8. The van der Waals surface area contributed by atoms with Gasteiger partial charge in [-0.1, -0.05) is 109 Å². The number of thioether (sulfide) groups is 2. The second-order valence-electron chi connectivity index (χ2n) is 12.0. The summed E-state index contributed by atoms with van der Waals surface area (Å²) < 4.78 is 0.765. The van der Waals surface area contributed by atoms with Crippen LogP contribution < -0.4 is 0 Å². The van der Waals surface area contributed by atoms with Gasteiger partial charge in [-0.05, 0) is 36.8 Å². The molecule has 0 N–H and O–H groups in total. The van der Waals surface area contributed by atoms with Crippen LogP contribution in [0.3, 0.4) is 0 Å². The number of nitrogens with zero attached hydrogens (tertiary/aromatic N) is 4. The molecule has 0 unspecified atom stereocenters. The summed E-state index contributed by atoms with van der Waals surface area (Å²) in [6, 6.07) is 20.5. The monoisotopic (exact) mass is 692 g/mol. The zero-order valence-corrected chi connectivity index (χ0v) is 28.7. The lowest BCUT2D eigenvalue weighted by atomic mass is 9.99. The van der Waals surface area contributed by atoms with Gasteiger partial charge in [0.15, 0.2) is 0 Å². The summed E-state index contributed by atoms with van der Waals surface area (Å²) in [4.78, 5) is 59.9. The van der Waals surface area contributed by atoms with E-state index in [9.17, 15) is 19.2 Å². The van der Waals surface area contributed by atoms with Crippen LogP contribution in [-0.2, 0) is 19.2 Å². The van der Waals surface area contributed by atoms with Crippen molar-refractivity contribution in [3.05, 3.63) is 81.6 Å². The first kappa shape index (κ1) is 32.9. The van der Waals surface area contributed by atoms with E-state index in [0.717, 1.165) is 49.5 Å². The molecule has 2 aromatic rings. The van der Waals surface area contributed by atoms with E-state index >= 15 is 0 Å². The van der Waals surface area contributed by atoms with Crippen molar-refractivity contribution in [1.29, 1.82) is 0 Å². The molecular formula is C34H36N4O4S4. The number of carbonyl (C=O) groups excluding carboxylic acids is 4. The Labute approximate surface area is 288 Å². The fourth-order valence-electron chi connectivity index (χ4n) is 6.52. The van der Waals surface area contributed by atoms with Crippen LogP contribution in [0.5, 0.6) is 0 Å². The Morgan fingerprint density at radius 2 is 1.04 bits per heavy atom. The second kappa shape index (κ2) is 14.8. The van der Waals surface area contributed by atoms with Crippen molar-refractivity contribution in [3.8, 4) is 0 Å². The van der Waals surface area contributed by atoms with Gasteiger partial charge in [-0.2, -0.15) is 0 Å². The molecule has 6 rings (SSSR count). The summed E-state index contributed by atoms with van der Waals surface area (Å²) in [5.41, 5.74) is 2.52. The Balaban J connectivity index is 0.962. The highest BCUT2D eigenvalue weighted by Gasteiger charge is 2.42. The van der Waals surface area contributed by atoms with Gasteiger partial charge in [0.1, 0.15) is 8.64 Å². The van der Waals surface area contributed by atoms with Crippen LogP contribution in [0.4, 0.5) is 0 Å². The molecule has 240 valence electrons. The normalized spacial score (nSPS) is 23.4. The quantitative estimate of drug-likeness (QED) is 0.238. The molecule has 4 amide bonds. The van der Waals surface area contributed by atoms with E-state index in [1.165, 1.54) is 20.9 Å². The molecule has 2 atom stereocenters. The molecule has 4 heterocycles. The maximum atomic E-state index is 13.4. The first-order chi connectivity index (χ1) is 22.3. The van der Waals surface area contributed by atoms with Crippen molar-refractivity contribution in [2.45, 2.75) is 50.4 Å². The highest BCUT2D eigenvalue weighted by atomic mass is 32.2. The molecule has 4 aliphatic heterocycles. The van der Waals surface area contributed by atoms with E-state index in [0.29, 0.717) is 82.1 Å². The molecule has 0 aromatic heterocycles. The third-order valence-corrected chi connectivity index (χ3v) is 12.1. The van der Waals surface area contributed by atoms with Crippen LogP contribution >= 0.6 is 48.0 Å². The van der Waals surface area contributed by atoms with E-state index in [4.69, 9.17) is 24.4 Å². The van der Waals surface area contributed by atoms with Crippen molar-refractivity contribution in [3.63, 3.8) is 0 Å². The van der Waals surface area contributed by atoms with Gasteiger partial charge in [-0.15, -0.1) is 0 Å². The van der Waals surface area contributed by atoms with Crippen LogP contribution in [0.1, 0.15) is 61.5 Å². The first-order valence-corrected chi connectivity index (χ1v) is 18.2. The van der Waals surface area contributed by atoms with Gasteiger partial charge < -0.3 is 9.80 Å². The Hall–Kier alpha value is -3.06. The highest BCUT2D eigenvalue weighted by molar-refractivity contribution is 8.29. The molecule has 46 heavy (non-hydrogen) atoms. The molecule has 4 saturated heterocycles. The van der Waals surface area contributed by atoms with Crippen LogP contribution in [-0.4, -0.2) is 91.1 Å². The van der Waals surface area contributed by atoms with Crippen molar-refractivity contribution in [1.82, 2.24) is 19.6 Å². The third kappa shape index (κ3) is 7.25. The van der Waals surface area contributed by atoms with Crippen molar-refractivity contribution in [2.24, 2.45) is 0 Å². The molecule has 4 aliphatic rings. The Kier molecular flexibility index (Phi) is 10.6. The summed E-state index contributed by atoms with van der Waals surface area (Å²) in [5.74, 6) is 0.256. The van der Waals surface area contributed by atoms with Gasteiger partial charge in [-0.3, -0.25) is 29.0 Å². The molecule has 0 aliphatic carbocycles. The second-order valence-corrected chi connectivity index (χ2v) is 15.3. The highest BCUT2D eigenvalue weighted by Crippen LogP contribution is 2.42. The summed E-state index contributed by atoms with van der Waals surface area (Å²) in [5, 5.41) is 0. The lowest BCUT2D eigenvalue weighted by Crippen LogP contribution is -2.33. The van der Waals surface area contributed by atoms with Gasteiger partial charge in [0.25, 0.3) is 11.8 Å². The average Bonchev–Trinajstić information content (AvgIpc) is 3.87. The zero-order valence-electron chi connectivity index (χ0n) is 25.5. The molecule has 0 bridgehead atoms. The zero-order chi connectivity index (χ0) is 32.2. The fourth-order valence-corrected chi connectivity index (χ4v) is 9.29. The van der Waals surface area contributed by atoms with Crippen LogP contribution in [0, 0.1) is 0 Å². The smallest absolute Gasteiger partial charge is 0.267 e. The van der Waals surface area contributed by atoms with Crippen LogP contribution in [0.25, 0.3) is 0 Å². The van der Waals surface area contributed by atoms with Gasteiger partial charge >= 0.3 is 0 Å². The predicted octanol–water partition coefficient (Wildman–Crippen LogP) is 5.51. The number of likely N-dealkylation sites (tertiary alicyclic amines) is 2. The van der Waals surface area contributed by atoms with E-state index < -0.39 is 0 Å². The van der Waals surface area contributed by atoms with Gasteiger partial charge in [0, 0.05) is 63.9 Å². The number of rotatable bonds is 10. The predicted molar refractivity (Wildman–Crippen MR) is 190 cm³/mol. The maximum absolute atomic E-state index is 13.4. The number of amides is 4. The lowest BCUT2D eigenvalue weighted by Gasteiger charge is -2.18. The SMILES string of the molecule is O=C(CCCN1C(=O)/C(=C2\SC(=S)N(CCCC(=O)N3CC[C@@H](c4ccccc4)C3)C2=O)SC1=S)N1CC[C@@H](c2ccccc2)C1. The molecule has 8 nitrogen and oxygen atoms in total. The fraction of sp³-hybridized carbons (Fsp3) is 0.412. The number of thiocarbonyl (C=S) groups is 2. The topological polar surface area (TPSA) is 81.2 Å². The van der Waals surface area contributed by atoms with E-state index in [2.05, 4.69) is 24.3 Å².